The van der Waals surface area contributed by atoms with E-state index in [1.807, 2.05) is 43.3 Å². The number of hydrogen-bond donors (Lipinski definition) is 2. The molecule has 0 saturated carbocycles. The maximum absolute atomic E-state index is 13.4. The lowest BCUT2D eigenvalue weighted by atomic mass is 10.0. The normalized spacial score (nSPS) is 18.9. The summed E-state index contributed by atoms with van der Waals surface area (Å²) >= 11 is 0. The second-order valence-electron chi connectivity index (χ2n) is 10.6. The number of carbonyl (C=O) groups is 2. The number of rotatable bonds is 7. The standard InChI is InChI=1S/C31H31FN6O4/c1-19-9-10-22-23(6-2-8-26(22)38-16-12-20(17-32)29(38)39)27(19)42-28-24(7-3-13-33-28)25-11-14-34-30(36-25)35-21-5-4-15-37(18-21)31(40)41/h2-3,6-11,13-14,20-21H,4-5,12,15-18H2,1H3,(H,40,41)(H,34,35,36)/t20-,21+/m1/s1. The number of aryl methyl sites for hydroxylation is 1. The SMILES string of the molecule is Cc1ccc2c(N3CC[C@H](CF)C3=O)cccc2c1Oc1ncccc1-c1ccnc(N[C@H]2CCCN(C(=O)O)C2)n1. The molecule has 2 amide bonds. The molecule has 0 aliphatic carbocycles. The average molecular weight is 571 g/mol. The van der Waals surface area contributed by atoms with Gasteiger partial charge in [-0.2, -0.15) is 0 Å². The minimum absolute atomic E-state index is 0.0927. The zero-order chi connectivity index (χ0) is 29.2. The van der Waals surface area contributed by atoms with E-state index in [1.165, 1.54) is 4.90 Å². The summed E-state index contributed by atoms with van der Waals surface area (Å²) in [5.41, 5.74) is 2.87. The summed E-state index contributed by atoms with van der Waals surface area (Å²) in [5.74, 6) is 0.558. The van der Waals surface area contributed by atoms with E-state index in [4.69, 9.17) is 9.72 Å². The largest absolute Gasteiger partial charge is 0.465 e. The van der Waals surface area contributed by atoms with Crippen LogP contribution in [-0.4, -0.2) is 69.3 Å². The fourth-order valence-electron chi connectivity index (χ4n) is 5.71. The highest BCUT2D eigenvalue weighted by Gasteiger charge is 2.33. The van der Waals surface area contributed by atoms with E-state index in [0.29, 0.717) is 54.9 Å². The molecule has 2 aromatic carbocycles. The molecule has 2 atom stereocenters. The molecule has 2 aliphatic heterocycles. The lowest BCUT2D eigenvalue weighted by Gasteiger charge is -2.31. The van der Waals surface area contributed by atoms with Gasteiger partial charge in [-0.05, 0) is 56.0 Å². The summed E-state index contributed by atoms with van der Waals surface area (Å²) < 4.78 is 19.9. The molecular formula is C31H31FN6O4. The number of alkyl halides is 1. The van der Waals surface area contributed by atoms with Crippen molar-refractivity contribution in [1.82, 2.24) is 19.9 Å². The van der Waals surface area contributed by atoms with Crippen molar-refractivity contribution in [1.29, 1.82) is 0 Å². The van der Waals surface area contributed by atoms with Crippen molar-refractivity contribution in [3.05, 3.63) is 66.5 Å². The molecule has 6 rings (SSSR count). The number of pyridine rings is 1. The van der Waals surface area contributed by atoms with Gasteiger partial charge < -0.3 is 25.0 Å². The molecule has 0 spiro atoms. The Bertz CT molecular complexity index is 1650. The molecule has 4 aromatic rings. The maximum Gasteiger partial charge on any atom is 0.407 e. The minimum atomic E-state index is -0.930. The van der Waals surface area contributed by atoms with E-state index < -0.39 is 18.7 Å². The number of amides is 2. The Labute approximate surface area is 242 Å². The summed E-state index contributed by atoms with van der Waals surface area (Å²) in [6.07, 6.45) is 4.43. The number of piperidine rings is 1. The van der Waals surface area contributed by atoms with Gasteiger partial charge in [-0.1, -0.05) is 24.3 Å². The molecule has 2 aliphatic rings. The summed E-state index contributed by atoms with van der Waals surface area (Å²) in [6, 6.07) is 14.9. The van der Waals surface area contributed by atoms with E-state index in [1.54, 1.807) is 29.4 Å². The first kappa shape index (κ1) is 27.4. The molecule has 10 nitrogen and oxygen atoms in total. The summed E-state index contributed by atoms with van der Waals surface area (Å²) in [7, 11) is 0. The van der Waals surface area contributed by atoms with E-state index in [-0.39, 0.29) is 11.9 Å². The van der Waals surface area contributed by atoms with Gasteiger partial charge in [-0.25, -0.2) is 19.7 Å². The van der Waals surface area contributed by atoms with Crippen molar-refractivity contribution < 1.29 is 23.8 Å². The zero-order valence-electron chi connectivity index (χ0n) is 23.2. The van der Waals surface area contributed by atoms with Crippen LogP contribution < -0.4 is 15.0 Å². The van der Waals surface area contributed by atoms with E-state index in [0.717, 1.165) is 34.9 Å². The topological polar surface area (TPSA) is 121 Å². The Hall–Kier alpha value is -4.80. The van der Waals surface area contributed by atoms with Gasteiger partial charge in [0.15, 0.2) is 0 Å². The number of fused-ring (bicyclic) bond motifs is 1. The number of anilines is 2. The van der Waals surface area contributed by atoms with Crippen LogP contribution in [0.2, 0.25) is 0 Å². The molecule has 0 bridgehead atoms. The number of carboxylic acid groups (broad SMARTS) is 1. The fraction of sp³-hybridized carbons (Fsp3) is 0.323. The number of nitrogens with zero attached hydrogens (tertiary/aromatic N) is 5. The molecule has 2 saturated heterocycles. The number of benzene rings is 2. The average Bonchev–Trinajstić information content (AvgIpc) is 3.38. The third kappa shape index (κ3) is 5.29. The van der Waals surface area contributed by atoms with Crippen molar-refractivity contribution >= 4 is 34.4 Å². The Kier molecular flexibility index (Phi) is 7.56. The van der Waals surface area contributed by atoms with Gasteiger partial charge >= 0.3 is 6.09 Å². The number of nitrogens with one attached hydrogen (secondary N) is 1. The molecule has 11 heteroatoms. The number of likely N-dealkylation sites (tertiary alicyclic amines) is 1. The number of hydrogen-bond acceptors (Lipinski definition) is 7. The van der Waals surface area contributed by atoms with Gasteiger partial charge in [0.2, 0.25) is 17.7 Å². The second kappa shape index (κ2) is 11.6. The summed E-state index contributed by atoms with van der Waals surface area (Å²) in [4.78, 5) is 40.9. The van der Waals surface area contributed by atoms with Crippen LogP contribution in [0, 0.1) is 12.8 Å². The Balaban J connectivity index is 1.31. The number of halogens is 1. The Morgan fingerprint density at radius 2 is 1.95 bits per heavy atom. The second-order valence-corrected chi connectivity index (χ2v) is 10.6. The van der Waals surface area contributed by atoms with Crippen LogP contribution in [0.15, 0.2) is 60.9 Å². The van der Waals surface area contributed by atoms with Crippen molar-refractivity contribution in [2.45, 2.75) is 32.2 Å². The highest BCUT2D eigenvalue weighted by molar-refractivity contribution is 6.07. The summed E-state index contributed by atoms with van der Waals surface area (Å²) in [6.45, 7) is 2.65. The van der Waals surface area contributed by atoms with Crippen LogP contribution in [0.25, 0.3) is 22.0 Å². The molecule has 4 heterocycles. The third-order valence-corrected chi connectivity index (χ3v) is 7.91. The molecule has 0 unspecified atom stereocenters. The third-order valence-electron chi connectivity index (χ3n) is 7.91. The van der Waals surface area contributed by atoms with Gasteiger partial charge in [0.1, 0.15) is 12.4 Å². The van der Waals surface area contributed by atoms with Gasteiger partial charge in [0.25, 0.3) is 0 Å². The van der Waals surface area contributed by atoms with Crippen molar-refractivity contribution in [3.63, 3.8) is 0 Å². The molecule has 216 valence electrons. The van der Waals surface area contributed by atoms with Crippen LogP contribution in [-0.2, 0) is 4.79 Å². The number of aromatic nitrogens is 3. The smallest absolute Gasteiger partial charge is 0.407 e. The Morgan fingerprint density at radius 3 is 2.76 bits per heavy atom. The van der Waals surface area contributed by atoms with Crippen LogP contribution in [0.3, 0.4) is 0 Å². The van der Waals surface area contributed by atoms with Gasteiger partial charge in [0, 0.05) is 48.8 Å². The lowest BCUT2D eigenvalue weighted by Crippen LogP contribution is -2.44. The molecule has 2 aromatic heterocycles. The minimum Gasteiger partial charge on any atom is -0.465 e. The predicted molar refractivity (Wildman–Crippen MR) is 157 cm³/mol. The van der Waals surface area contributed by atoms with Gasteiger partial charge in [0.05, 0.1) is 22.9 Å². The highest BCUT2D eigenvalue weighted by Crippen LogP contribution is 2.40. The first-order valence-electron chi connectivity index (χ1n) is 14.0. The summed E-state index contributed by atoms with van der Waals surface area (Å²) in [5, 5.41) is 14.3. The van der Waals surface area contributed by atoms with Gasteiger partial charge in [-0.15, -0.1) is 0 Å². The first-order chi connectivity index (χ1) is 20.4. The first-order valence-corrected chi connectivity index (χ1v) is 14.0. The lowest BCUT2D eigenvalue weighted by molar-refractivity contribution is -0.120. The molecule has 42 heavy (non-hydrogen) atoms. The van der Waals surface area contributed by atoms with E-state index >= 15 is 0 Å². The number of carbonyl (C=O) groups excluding carboxylic acids is 1. The van der Waals surface area contributed by atoms with Crippen LogP contribution in [0.5, 0.6) is 11.6 Å². The number of ether oxygens (including phenoxy) is 1. The van der Waals surface area contributed by atoms with Gasteiger partial charge in [-0.3, -0.25) is 9.18 Å². The van der Waals surface area contributed by atoms with E-state index in [2.05, 4.69) is 15.3 Å². The van der Waals surface area contributed by atoms with Crippen molar-refractivity contribution in [3.8, 4) is 22.9 Å². The van der Waals surface area contributed by atoms with Crippen LogP contribution in [0.4, 0.5) is 20.8 Å². The van der Waals surface area contributed by atoms with Crippen molar-refractivity contribution in [2.75, 3.05) is 36.5 Å². The fourth-order valence-corrected chi connectivity index (χ4v) is 5.71. The Morgan fingerprint density at radius 1 is 1.07 bits per heavy atom. The van der Waals surface area contributed by atoms with Crippen LogP contribution in [0.1, 0.15) is 24.8 Å². The van der Waals surface area contributed by atoms with Crippen LogP contribution >= 0.6 is 0 Å². The molecule has 2 fully saturated rings. The monoisotopic (exact) mass is 570 g/mol. The maximum atomic E-state index is 13.4. The molecule has 2 N–H and O–H groups in total. The zero-order valence-corrected chi connectivity index (χ0v) is 23.2. The van der Waals surface area contributed by atoms with Crippen molar-refractivity contribution in [2.24, 2.45) is 5.92 Å². The van der Waals surface area contributed by atoms with E-state index in [9.17, 15) is 19.1 Å². The molecule has 0 radical (unpaired) electrons. The predicted octanol–water partition coefficient (Wildman–Crippen LogP) is 5.67. The highest BCUT2D eigenvalue weighted by atomic mass is 19.1. The quantitative estimate of drug-likeness (QED) is 0.292. The molecular weight excluding hydrogens is 539 g/mol.